The van der Waals surface area contributed by atoms with Crippen LogP contribution in [0.5, 0.6) is 0 Å². The van der Waals surface area contributed by atoms with Crippen molar-refractivity contribution in [2.75, 3.05) is 0 Å². The predicted molar refractivity (Wildman–Crippen MR) is 545 cm³/mol. The van der Waals surface area contributed by atoms with Crippen molar-refractivity contribution in [2.24, 2.45) is 0 Å². The molecule has 0 amide bonds. The SMILES string of the molecule is c1cc(-c2ccc(-n3c4ccccc4c4ccccc43)cc2-n2c3ccccc3c3ccccc32)cc(-n2c3ccccc3c3ccccc32)c1.c1ccc2c(c1)oc1c(-n3c4ccccc4c4cc(-n5c6ccccc6c6ccccc65)ccc43)cccc12.c1ccc2c(c1)sc1c(-n3c4ccccc4c4cc(-n5c6ccccc6c6ccccc65)ccc43)cccc12. The van der Waals surface area contributed by atoms with Gasteiger partial charge in [0.15, 0.2) is 5.58 Å². The fourth-order valence-electron chi connectivity index (χ4n) is 21.4. The van der Waals surface area contributed by atoms with Gasteiger partial charge in [-0.25, -0.2) is 0 Å². The van der Waals surface area contributed by atoms with Gasteiger partial charge in [0.05, 0.1) is 99.0 Å². The maximum atomic E-state index is 6.46. The molecule has 0 saturated carbocycles. The number of para-hydroxylation sites is 14. The molecule has 0 fully saturated rings. The summed E-state index contributed by atoms with van der Waals surface area (Å²) < 4.78 is 26.0. The Labute approximate surface area is 743 Å². The first-order valence-corrected chi connectivity index (χ1v) is 44.9. The van der Waals surface area contributed by atoms with Crippen molar-refractivity contribution in [2.45, 2.75) is 0 Å². The molecule has 0 N–H and O–H groups in total. The van der Waals surface area contributed by atoms with Crippen molar-refractivity contribution in [1.29, 1.82) is 0 Å². The number of furan rings is 1. The molecule has 602 valence electrons. The van der Waals surface area contributed by atoms with Crippen LogP contribution < -0.4 is 0 Å². The van der Waals surface area contributed by atoms with Crippen LogP contribution in [0.3, 0.4) is 0 Å². The van der Waals surface area contributed by atoms with E-state index in [1.807, 2.05) is 23.5 Å². The third kappa shape index (κ3) is 11.0. The summed E-state index contributed by atoms with van der Waals surface area (Å²) in [4.78, 5) is 0. The topological polar surface area (TPSA) is 47.6 Å². The van der Waals surface area contributed by atoms with Gasteiger partial charge in [0.1, 0.15) is 5.58 Å². The van der Waals surface area contributed by atoms with Gasteiger partial charge in [-0.2, -0.15) is 0 Å². The zero-order chi connectivity index (χ0) is 84.5. The Morgan fingerprint density at radius 1 is 0.163 bits per heavy atom. The van der Waals surface area contributed by atoms with E-state index in [4.69, 9.17) is 4.42 Å². The minimum atomic E-state index is 0.910. The fourth-order valence-corrected chi connectivity index (χ4v) is 22.6. The van der Waals surface area contributed by atoms with Gasteiger partial charge in [0.25, 0.3) is 0 Å². The molecule has 0 spiro atoms. The van der Waals surface area contributed by atoms with Crippen LogP contribution in [0.1, 0.15) is 0 Å². The van der Waals surface area contributed by atoms with Crippen molar-refractivity contribution < 1.29 is 4.42 Å². The van der Waals surface area contributed by atoms with Crippen LogP contribution in [0.15, 0.2) is 459 Å². The molecule has 0 bridgehead atoms. The Kier molecular flexibility index (Phi) is 16.2. The van der Waals surface area contributed by atoms with Crippen molar-refractivity contribution in [3.63, 3.8) is 0 Å². The molecular weight excluding hydrogens is 1590 g/mol. The molecule has 0 aliphatic carbocycles. The van der Waals surface area contributed by atoms with Crippen molar-refractivity contribution in [3.05, 3.63) is 455 Å². The highest BCUT2D eigenvalue weighted by atomic mass is 32.1. The smallest absolute Gasteiger partial charge is 0.159 e. The Hall–Kier alpha value is -17.0. The van der Waals surface area contributed by atoms with Gasteiger partial charge < -0.3 is 36.4 Å². The molecule has 0 aliphatic rings. The van der Waals surface area contributed by atoms with Crippen LogP contribution in [0, 0.1) is 0 Å². The summed E-state index contributed by atoms with van der Waals surface area (Å²) in [5, 5.41) is 22.6. The minimum Gasteiger partial charge on any atom is -0.454 e. The van der Waals surface area contributed by atoms with Gasteiger partial charge in [0, 0.05) is 130 Å². The number of hydrogen-bond donors (Lipinski definition) is 0. The van der Waals surface area contributed by atoms with Gasteiger partial charge in [-0.3, -0.25) is 0 Å². The number of hydrogen-bond acceptors (Lipinski definition) is 2. The standard InChI is InChI=1S/C48H31N3.C36H22N2O.C36H22N2S/c1-7-22-42-36(16-1)37-17-2-8-23-43(37)49(42)33-15-13-14-32(30-33)35-29-28-34(50-44-24-9-3-18-38(44)39-19-4-10-25-45(39)50)31-48(35)51-46-26-11-5-20-40(46)41-21-6-12-27-47(41)51;2*1-5-15-30-24(10-1)25-11-2-6-16-31(25)37(30)23-20-21-33-29(22-23)26-12-3-7-17-32(26)38(33)34-18-9-14-28-27-13-4-8-19-35(27)39-36(28)34/h1-31H;2*1-22H. The predicted octanol–water partition coefficient (Wildman–Crippen LogP) is 32.7. The van der Waals surface area contributed by atoms with E-state index in [1.165, 1.54) is 190 Å². The van der Waals surface area contributed by atoms with Crippen molar-refractivity contribution in [3.8, 4) is 50.9 Å². The normalized spacial score (nSPS) is 12.0. The lowest BCUT2D eigenvalue weighted by Gasteiger charge is -2.18. The lowest BCUT2D eigenvalue weighted by molar-refractivity contribution is 0.666. The number of rotatable bonds is 8. The molecular formula is C120H75N7OS. The Morgan fingerprint density at radius 2 is 0.442 bits per heavy atom. The Bertz CT molecular complexity index is 9100. The molecule has 29 aromatic rings. The average molecular weight is 1660 g/mol. The highest BCUT2D eigenvalue weighted by molar-refractivity contribution is 7.26. The van der Waals surface area contributed by atoms with E-state index in [9.17, 15) is 0 Å². The molecule has 8 nitrogen and oxygen atoms in total. The molecule has 0 aliphatic heterocycles. The van der Waals surface area contributed by atoms with Gasteiger partial charge >= 0.3 is 0 Å². The number of fused-ring (bicyclic) bond motifs is 27. The van der Waals surface area contributed by atoms with E-state index in [2.05, 4.69) is 475 Å². The van der Waals surface area contributed by atoms with Crippen molar-refractivity contribution >= 4 is 206 Å². The van der Waals surface area contributed by atoms with Crippen LogP contribution in [0.2, 0.25) is 0 Å². The minimum absolute atomic E-state index is 0.910. The third-order valence-corrected chi connectivity index (χ3v) is 28.1. The number of nitrogens with zero attached hydrogens (tertiary/aromatic N) is 7. The van der Waals surface area contributed by atoms with Crippen LogP contribution in [0.25, 0.3) is 246 Å². The fraction of sp³-hybridized carbons (Fsp3) is 0. The Morgan fingerprint density at radius 3 is 0.853 bits per heavy atom. The first-order chi connectivity index (χ1) is 64.1. The quantitative estimate of drug-likeness (QED) is 0.150. The maximum absolute atomic E-state index is 6.46. The summed E-state index contributed by atoms with van der Waals surface area (Å²) >= 11 is 1.88. The van der Waals surface area contributed by atoms with E-state index in [1.54, 1.807) is 0 Å². The second-order valence-corrected chi connectivity index (χ2v) is 34.8. The molecule has 9 heterocycles. The first kappa shape index (κ1) is 72.5. The van der Waals surface area contributed by atoms with E-state index in [0.29, 0.717) is 0 Å². The summed E-state index contributed by atoms with van der Waals surface area (Å²) in [5.74, 6) is 0. The first-order valence-electron chi connectivity index (χ1n) is 44.1. The molecule has 129 heavy (non-hydrogen) atoms. The third-order valence-electron chi connectivity index (χ3n) is 26.9. The van der Waals surface area contributed by atoms with Crippen LogP contribution in [-0.4, -0.2) is 32.0 Å². The average Bonchev–Trinajstić information content (AvgIpc) is 1.56. The van der Waals surface area contributed by atoms with E-state index >= 15 is 0 Å². The molecule has 0 radical (unpaired) electrons. The molecule has 0 unspecified atom stereocenters. The second kappa shape index (κ2) is 28.8. The number of aromatic nitrogens is 7. The summed E-state index contributed by atoms with van der Waals surface area (Å²) in [6.45, 7) is 0. The van der Waals surface area contributed by atoms with E-state index < -0.39 is 0 Å². The highest BCUT2D eigenvalue weighted by Gasteiger charge is 2.25. The molecule has 29 rings (SSSR count). The molecule has 9 heteroatoms. The largest absolute Gasteiger partial charge is 0.454 e. The van der Waals surface area contributed by atoms with Crippen LogP contribution in [-0.2, 0) is 0 Å². The number of thiophene rings is 1. The zero-order valence-electron chi connectivity index (χ0n) is 69.7. The van der Waals surface area contributed by atoms with E-state index in [-0.39, 0.29) is 0 Å². The summed E-state index contributed by atoms with van der Waals surface area (Å²) in [7, 11) is 0. The molecule has 0 saturated heterocycles. The summed E-state index contributed by atoms with van der Waals surface area (Å²) in [5.41, 5.74) is 29.1. The summed E-state index contributed by atoms with van der Waals surface area (Å²) in [6.07, 6.45) is 0. The second-order valence-electron chi connectivity index (χ2n) is 33.7. The summed E-state index contributed by atoms with van der Waals surface area (Å²) in [6, 6.07) is 165. The highest BCUT2D eigenvalue weighted by Crippen LogP contribution is 2.47. The molecule has 20 aromatic carbocycles. The number of benzene rings is 20. The van der Waals surface area contributed by atoms with Crippen LogP contribution in [0.4, 0.5) is 0 Å². The van der Waals surface area contributed by atoms with Crippen molar-refractivity contribution in [1.82, 2.24) is 32.0 Å². The van der Waals surface area contributed by atoms with Gasteiger partial charge in [0.2, 0.25) is 0 Å². The monoisotopic (exact) mass is 1660 g/mol. The van der Waals surface area contributed by atoms with Gasteiger partial charge in [-0.1, -0.05) is 297 Å². The van der Waals surface area contributed by atoms with Gasteiger partial charge in [-0.15, -0.1) is 11.3 Å². The lowest BCUT2D eigenvalue weighted by Crippen LogP contribution is -2.02. The lowest BCUT2D eigenvalue weighted by atomic mass is 10.0. The van der Waals surface area contributed by atoms with E-state index in [0.717, 1.165) is 55.9 Å². The molecule has 9 aromatic heterocycles. The Balaban J connectivity index is 0.000000101. The maximum Gasteiger partial charge on any atom is 0.159 e. The molecule has 0 atom stereocenters. The van der Waals surface area contributed by atoms with Crippen LogP contribution >= 0.6 is 11.3 Å². The van der Waals surface area contributed by atoms with Gasteiger partial charge in [-0.05, 0) is 163 Å². The zero-order valence-corrected chi connectivity index (χ0v) is 70.6.